The summed E-state index contributed by atoms with van der Waals surface area (Å²) >= 11 is 0. The van der Waals surface area contributed by atoms with Crippen LogP contribution in [0.1, 0.15) is 50.3 Å². The van der Waals surface area contributed by atoms with Crippen molar-refractivity contribution in [3.63, 3.8) is 0 Å². The summed E-state index contributed by atoms with van der Waals surface area (Å²) in [6.07, 6.45) is 4.18. The van der Waals surface area contributed by atoms with Crippen LogP contribution in [0.15, 0.2) is 30.5 Å². The first-order valence-corrected chi connectivity index (χ1v) is 16.0. The van der Waals surface area contributed by atoms with Gasteiger partial charge in [0, 0.05) is 99.8 Å². The van der Waals surface area contributed by atoms with Crippen LogP contribution >= 0.6 is 0 Å². The third-order valence-corrected chi connectivity index (χ3v) is 10.8. The number of piperazine rings is 1. The first-order chi connectivity index (χ1) is 21.3. The number of nitrogens with two attached hydrogens (primary N) is 1. The van der Waals surface area contributed by atoms with Crippen molar-refractivity contribution >= 4 is 23.1 Å². The van der Waals surface area contributed by atoms with E-state index in [0.29, 0.717) is 82.6 Å². The maximum absolute atomic E-state index is 14.6. The van der Waals surface area contributed by atoms with Crippen LogP contribution in [-0.2, 0) is 20.7 Å². The lowest BCUT2D eigenvalue weighted by Gasteiger charge is -2.55. The molecule has 1 amide bonds. The summed E-state index contributed by atoms with van der Waals surface area (Å²) in [5, 5.41) is 0. The van der Waals surface area contributed by atoms with Gasteiger partial charge >= 0.3 is 0 Å². The summed E-state index contributed by atoms with van der Waals surface area (Å²) in [7, 11) is 0. The van der Waals surface area contributed by atoms with Crippen molar-refractivity contribution in [1.82, 2.24) is 14.8 Å². The van der Waals surface area contributed by atoms with E-state index in [2.05, 4.69) is 37.3 Å². The number of nitrogens with one attached hydrogen (secondary N) is 1. The molecular weight excluding hydrogens is 568 g/mol. The zero-order chi connectivity index (χ0) is 30.6. The molecule has 7 heterocycles. The van der Waals surface area contributed by atoms with Crippen molar-refractivity contribution in [3.05, 3.63) is 41.8 Å². The number of alkyl halides is 2. The third-order valence-electron chi connectivity index (χ3n) is 10.8. The highest BCUT2D eigenvalue weighted by molar-refractivity contribution is 6.02. The fraction of sp³-hybridized carbons (Fsp3) is 0.656. The van der Waals surface area contributed by atoms with Gasteiger partial charge in [-0.1, -0.05) is 6.58 Å². The van der Waals surface area contributed by atoms with Crippen LogP contribution in [0.3, 0.4) is 0 Å². The van der Waals surface area contributed by atoms with E-state index in [1.54, 1.807) is 6.20 Å². The van der Waals surface area contributed by atoms with E-state index in [-0.39, 0.29) is 23.2 Å². The summed E-state index contributed by atoms with van der Waals surface area (Å²) < 4.78 is 41.5. The van der Waals surface area contributed by atoms with Crippen LogP contribution in [-0.4, -0.2) is 115 Å². The molecule has 7 rings (SSSR count). The Kier molecular flexibility index (Phi) is 7.65. The highest BCUT2D eigenvalue weighted by atomic mass is 19.3. The van der Waals surface area contributed by atoms with Crippen molar-refractivity contribution in [3.8, 4) is 0 Å². The predicted octanol–water partition coefficient (Wildman–Crippen LogP) is 0.765. The Bertz CT molecular complexity index is 1360. The lowest BCUT2D eigenvalue weighted by atomic mass is 9.80. The third kappa shape index (κ3) is 4.89. The van der Waals surface area contributed by atoms with Crippen molar-refractivity contribution in [2.45, 2.75) is 68.7 Å². The topological polar surface area (TPSA) is 101 Å². The van der Waals surface area contributed by atoms with Crippen LogP contribution in [0.5, 0.6) is 0 Å². The molecule has 0 saturated carbocycles. The number of hydrogen-bond acceptors (Lipinski definition) is 8. The molecular formula is C32H44F2N7O3+. The summed E-state index contributed by atoms with van der Waals surface area (Å²) in [5.74, 6) is 0.599. The van der Waals surface area contributed by atoms with Gasteiger partial charge in [-0.05, 0) is 32.3 Å². The molecule has 1 aromatic heterocycles. The highest BCUT2D eigenvalue weighted by Crippen LogP contribution is 2.44. The number of piperidine rings is 1. The Hall–Kier alpha value is -3.09. The molecule has 2 spiro atoms. The van der Waals surface area contributed by atoms with E-state index in [4.69, 9.17) is 15.2 Å². The maximum atomic E-state index is 14.6. The molecule has 0 aliphatic carbocycles. The molecule has 238 valence electrons. The van der Waals surface area contributed by atoms with Crippen LogP contribution in [0.4, 0.5) is 20.3 Å². The molecule has 4 saturated heterocycles. The predicted molar refractivity (Wildman–Crippen MR) is 163 cm³/mol. The van der Waals surface area contributed by atoms with Crippen molar-refractivity contribution in [2.75, 3.05) is 75.4 Å². The number of amides is 1. The molecule has 0 radical (unpaired) electrons. The number of fused-ring (bicyclic) bond motifs is 3. The van der Waals surface area contributed by atoms with Gasteiger partial charge in [-0.15, -0.1) is 0 Å². The van der Waals surface area contributed by atoms with E-state index in [9.17, 15) is 13.6 Å². The van der Waals surface area contributed by atoms with Gasteiger partial charge in [0.2, 0.25) is 11.6 Å². The highest BCUT2D eigenvalue weighted by Gasteiger charge is 2.57. The SMILES string of the molecule is C=CC(=O)N1CCN(C2CN3c4cc(N5CCC6(CC5)OC5(C[NH+]=C6/C(C)=C\N)COC5)nc(C(F)F)c4CCCC23)CC1. The monoisotopic (exact) mass is 612 g/mol. The Balaban J connectivity index is 1.11. The summed E-state index contributed by atoms with van der Waals surface area (Å²) in [5.41, 5.74) is 8.61. The number of ether oxygens (including phenoxy) is 2. The number of halogens is 2. The van der Waals surface area contributed by atoms with Crippen LogP contribution in [0.25, 0.3) is 0 Å². The molecule has 12 heteroatoms. The van der Waals surface area contributed by atoms with E-state index >= 15 is 0 Å². The summed E-state index contributed by atoms with van der Waals surface area (Å²) in [6, 6.07) is 2.69. The largest absolute Gasteiger partial charge is 0.404 e. The molecule has 4 fully saturated rings. The first-order valence-electron chi connectivity index (χ1n) is 16.0. The second-order valence-corrected chi connectivity index (χ2v) is 13.2. The van der Waals surface area contributed by atoms with Crippen molar-refractivity contribution in [2.24, 2.45) is 5.73 Å². The maximum Gasteiger partial charge on any atom is 0.280 e. The first kappa shape index (κ1) is 29.6. The second kappa shape index (κ2) is 11.4. The van der Waals surface area contributed by atoms with E-state index in [1.165, 1.54) is 6.08 Å². The van der Waals surface area contributed by atoms with E-state index < -0.39 is 12.0 Å². The van der Waals surface area contributed by atoms with Gasteiger partial charge in [0.25, 0.3) is 6.43 Å². The molecule has 2 unspecified atom stereocenters. The fourth-order valence-electron chi connectivity index (χ4n) is 8.26. The van der Waals surface area contributed by atoms with Gasteiger partial charge in [-0.3, -0.25) is 9.69 Å². The fourth-order valence-corrected chi connectivity index (χ4v) is 8.26. The van der Waals surface area contributed by atoms with Crippen LogP contribution < -0.4 is 20.5 Å². The zero-order valence-corrected chi connectivity index (χ0v) is 25.6. The number of anilines is 2. The number of hydrogen-bond donors (Lipinski definition) is 2. The molecule has 2 atom stereocenters. The number of nitrogens with zero attached hydrogens (tertiary/aromatic N) is 5. The van der Waals surface area contributed by atoms with Gasteiger partial charge in [0.05, 0.1) is 13.2 Å². The second-order valence-electron chi connectivity index (χ2n) is 13.2. The molecule has 1 aromatic rings. The Morgan fingerprint density at radius 3 is 2.57 bits per heavy atom. The van der Waals surface area contributed by atoms with Crippen LogP contribution in [0, 0.1) is 0 Å². The van der Waals surface area contributed by atoms with E-state index in [0.717, 1.165) is 49.4 Å². The quantitative estimate of drug-likeness (QED) is 0.471. The number of pyridine rings is 1. The Morgan fingerprint density at radius 2 is 1.93 bits per heavy atom. The van der Waals surface area contributed by atoms with Gasteiger partial charge in [0.1, 0.15) is 11.5 Å². The van der Waals surface area contributed by atoms with Crippen molar-refractivity contribution < 1.29 is 28.0 Å². The van der Waals surface area contributed by atoms with Gasteiger partial charge in [-0.25, -0.2) is 18.8 Å². The molecule has 6 aliphatic heterocycles. The smallest absolute Gasteiger partial charge is 0.280 e. The molecule has 44 heavy (non-hydrogen) atoms. The summed E-state index contributed by atoms with van der Waals surface area (Å²) in [4.78, 5) is 29.1. The summed E-state index contributed by atoms with van der Waals surface area (Å²) in [6.45, 7) is 12.5. The minimum Gasteiger partial charge on any atom is -0.404 e. The Labute approximate surface area is 257 Å². The van der Waals surface area contributed by atoms with E-state index in [1.807, 2.05) is 11.8 Å². The van der Waals surface area contributed by atoms with Gasteiger partial charge in [-0.2, -0.15) is 0 Å². The zero-order valence-electron chi connectivity index (χ0n) is 25.6. The Morgan fingerprint density at radius 1 is 1.18 bits per heavy atom. The lowest BCUT2D eigenvalue weighted by Crippen LogP contribution is -2.90. The molecule has 0 bridgehead atoms. The minimum absolute atomic E-state index is 0.0190. The number of carbonyl (C=O) groups is 1. The van der Waals surface area contributed by atoms with Gasteiger partial charge in [0.15, 0.2) is 17.7 Å². The molecule has 0 aromatic carbocycles. The van der Waals surface area contributed by atoms with Crippen LogP contribution in [0.2, 0.25) is 0 Å². The number of aromatic nitrogens is 1. The standard InChI is InChI=1S/C32H43F2N7O3/c1-3-27(42)40-13-11-38(12-14-40)25-17-41-23(25)6-4-5-22-24(41)15-26(37-28(22)30(33)34)39-9-7-32(8-10-39)29(21(2)16-35)36-18-31(44-32)19-43-20-31/h3,15-16,23,25,30H,1,4-14,17-20,35H2,2H3/p+1/b21-16-. The number of carbonyl (C=O) groups excluding carboxylic acids is 1. The lowest BCUT2D eigenvalue weighted by molar-refractivity contribution is -0.523. The molecule has 6 aliphatic rings. The van der Waals surface area contributed by atoms with Gasteiger partial charge < -0.3 is 29.9 Å². The normalized spacial score (nSPS) is 28.1. The average Bonchev–Trinajstić information content (AvgIpc) is 3.15. The number of rotatable bonds is 5. The minimum atomic E-state index is -2.63. The average molecular weight is 613 g/mol. The molecule has 3 N–H and O–H groups in total. The molecule has 10 nitrogen and oxygen atoms in total. The van der Waals surface area contributed by atoms with Crippen molar-refractivity contribution in [1.29, 1.82) is 0 Å².